The number of hydrogen-bond acceptors (Lipinski definition) is 4. The molecule has 4 aromatic rings. The Balaban J connectivity index is 1.53. The number of aromatic hydroxyl groups is 1. The fraction of sp³-hybridized carbons (Fsp3) is 0.333. The number of benzene rings is 3. The van der Waals surface area contributed by atoms with Crippen molar-refractivity contribution >= 4 is 10.9 Å². The highest BCUT2D eigenvalue weighted by atomic mass is 19.1. The maximum absolute atomic E-state index is 13.9. The number of likely N-dealkylation sites (tertiary alicyclic amines) is 1. The average Bonchev–Trinajstić information content (AvgIpc) is 2.90. The first-order valence-electron chi connectivity index (χ1n) is 12.8. The van der Waals surface area contributed by atoms with Gasteiger partial charge in [0.15, 0.2) is 0 Å². The molecular formula is C30H32FN3O2. The summed E-state index contributed by atoms with van der Waals surface area (Å²) in [6.45, 7) is 5.97. The zero-order valence-corrected chi connectivity index (χ0v) is 20.7. The molecular weight excluding hydrogens is 453 g/mol. The molecule has 2 heterocycles. The van der Waals surface area contributed by atoms with Crippen LogP contribution in [0.25, 0.3) is 22.0 Å². The van der Waals surface area contributed by atoms with Crippen LogP contribution in [0.2, 0.25) is 0 Å². The van der Waals surface area contributed by atoms with Gasteiger partial charge in [0.1, 0.15) is 17.4 Å². The maximum Gasteiger partial charge on any atom is 0.261 e. The summed E-state index contributed by atoms with van der Waals surface area (Å²) in [5, 5.41) is 10.2. The quantitative estimate of drug-likeness (QED) is 0.380. The van der Waals surface area contributed by atoms with Gasteiger partial charge in [-0.25, -0.2) is 9.37 Å². The number of hydrogen-bond donors (Lipinski definition) is 1. The van der Waals surface area contributed by atoms with Gasteiger partial charge in [-0.1, -0.05) is 37.3 Å². The van der Waals surface area contributed by atoms with E-state index in [1.807, 2.05) is 34.9 Å². The third kappa shape index (κ3) is 5.34. The summed E-state index contributed by atoms with van der Waals surface area (Å²) >= 11 is 0. The number of rotatable bonds is 7. The van der Waals surface area contributed by atoms with Crippen LogP contribution >= 0.6 is 0 Å². The summed E-state index contributed by atoms with van der Waals surface area (Å²) in [5.74, 6) is 1.15. The Morgan fingerprint density at radius 1 is 1.00 bits per heavy atom. The molecule has 1 unspecified atom stereocenters. The zero-order chi connectivity index (χ0) is 25.1. The molecule has 1 atom stereocenters. The fourth-order valence-electron chi connectivity index (χ4n) is 5.23. The first-order valence-corrected chi connectivity index (χ1v) is 12.8. The first-order chi connectivity index (χ1) is 17.5. The van der Waals surface area contributed by atoms with Crippen LogP contribution in [-0.4, -0.2) is 39.2 Å². The molecule has 0 spiro atoms. The molecule has 0 bridgehead atoms. The Morgan fingerprint density at radius 2 is 1.75 bits per heavy atom. The zero-order valence-electron chi connectivity index (χ0n) is 20.7. The number of fused-ring (bicyclic) bond motifs is 1. The number of phenolic OH excluding ortho intramolecular Hbond substituents is 1. The number of phenols is 1. The molecule has 3 aromatic carbocycles. The molecule has 1 aliphatic heterocycles. The SMILES string of the molecule is CCN1CCCC(Cn2c(CCc3ccc(F)cc3)nc3ccc(-c4ccc(O)cc4)cc3c2=O)C1. The van der Waals surface area contributed by atoms with E-state index in [-0.39, 0.29) is 17.1 Å². The second-order valence-electron chi connectivity index (χ2n) is 9.75. The lowest BCUT2D eigenvalue weighted by Gasteiger charge is -2.32. The minimum absolute atomic E-state index is 0.0108. The van der Waals surface area contributed by atoms with Gasteiger partial charge in [-0.2, -0.15) is 0 Å². The monoisotopic (exact) mass is 485 g/mol. The lowest BCUT2D eigenvalue weighted by molar-refractivity contribution is 0.168. The van der Waals surface area contributed by atoms with E-state index in [9.17, 15) is 14.3 Å². The Labute approximate surface area is 210 Å². The lowest BCUT2D eigenvalue weighted by Crippen LogP contribution is -2.39. The van der Waals surface area contributed by atoms with Gasteiger partial charge in [-0.3, -0.25) is 9.36 Å². The highest BCUT2D eigenvalue weighted by molar-refractivity contribution is 5.84. The average molecular weight is 486 g/mol. The molecule has 5 rings (SSSR count). The Hall–Kier alpha value is -3.51. The molecule has 1 saturated heterocycles. The van der Waals surface area contributed by atoms with Gasteiger partial charge >= 0.3 is 0 Å². The van der Waals surface area contributed by atoms with Crippen LogP contribution in [0.1, 0.15) is 31.2 Å². The Bertz CT molecular complexity index is 1400. The Morgan fingerprint density at radius 3 is 2.50 bits per heavy atom. The van der Waals surface area contributed by atoms with Crippen molar-refractivity contribution in [1.82, 2.24) is 14.5 Å². The number of halogens is 1. The van der Waals surface area contributed by atoms with E-state index in [2.05, 4.69) is 11.8 Å². The summed E-state index contributed by atoms with van der Waals surface area (Å²) in [6, 6.07) is 19.3. The fourth-order valence-corrected chi connectivity index (χ4v) is 5.23. The number of aryl methyl sites for hydroxylation is 2. The highest BCUT2D eigenvalue weighted by Gasteiger charge is 2.22. The summed E-state index contributed by atoms with van der Waals surface area (Å²) in [6.07, 6.45) is 3.55. The van der Waals surface area contributed by atoms with Crippen molar-refractivity contribution in [3.05, 3.63) is 94.3 Å². The second-order valence-corrected chi connectivity index (χ2v) is 9.75. The van der Waals surface area contributed by atoms with Crippen LogP contribution in [0.15, 0.2) is 71.5 Å². The summed E-state index contributed by atoms with van der Waals surface area (Å²) in [4.78, 5) is 21.3. The normalized spacial score (nSPS) is 16.4. The highest BCUT2D eigenvalue weighted by Crippen LogP contribution is 2.25. The Kier molecular flexibility index (Phi) is 7.14. The van der Waals surface area contributed by atoms with Gasteiger partial charge in [0.2, 0.25) is 0 Å². The smallest absolute Gasteiger partial charge is 0.261 e. The van der Waals surface area contributed by atoms with Crippen LogP contribution in [0.3, 0.4) is 0 Å². The predicted molar refractivity (Wildman–Crippen MR) is 142 cm³/mol. The number of nitrogens with zero attached hydrogens (tertiary/aromatic N) is 3. The predicted octanol–water partition coefficient (Wildman–Crippen LogP) is 5.43. The van der Waals surface area contributed by atoms with E-state index < -0.39 is 0 Å². The van der Waals surface area contributed by atoms with E-state index in [4.69, 9.17) is 4.98 Å². The molecule has 6 heteroatoms. The van der Waals surface area contributed by atoms with Gasteiger partial charge in [0, 0.05) is 19.5 Å². The van der Waals surface area contributed by atoms with Gasteiger partial charge in [-0.15, -0.1) is 0 Å². The molecule has 5 nitrogen and oxygen atoms in total. The van der Waals surface area contributed by atoms with Crippen molar-refractivity contribution in [3.63, 3.8) is 0 Å². The molecule has 36 heavy (non-hydrogen) atoms. The molecule has 1 aromatic heterocycles. The van der Waals surface area contributed by atoms with Crippen molar-refractivity contribution in [1.29, 1.82) is 0 Å². The van der Waals surface area contributed by atoms with Crippen LogP contribution < -0.4 is 5.56 Å². The standard InChI is InChI=1S/C30H32FN3O2/c1-2-33-17-3-4-22(19-33)20-34-29(16-7-21-5-11-25(31)12-6-21)32-28-15-10-24(18-27(28)30(34)36)23-8-13-26(35)14-9-23/h5-6,8-15,18,22,35H,2-4,7,16-17,19-20H2,1H3. The molecule has 0 amide bonds. The van der Waals surface area contributed by atoms with E-state index in [0.717, 1.165) is 55.0 Å². The molecule has 1 N–H and O–H groups in total. The molecule has 0 radical (unpaired) electrons. The van der Waals surface area contributed by atoms with E-state index >= 15 is 0 Å². The van der Waals surface area contributed by atoms with Gasteiger partial charge in [0.05, 0.1) is 10.9 Å². The summed E-state index contributed by atoms with van der Waals surface area (Å²) in [7, 11) is 0. The molecule has 1 aliphatic rings. The minimum atomic E-state index is -0.248. The van der Waals surface area contributed by atoms with Crippen molar-refractivity contribution < 1.29 is 9.50 Å². The maximum atomic E-state index is 13.9. The van der Waals surface area contributed by atoms with Crippen molar-refractivity contribution in [3.8, 4) is 16.9 Å². The molecule has 186 valence electrons. The van der Waals surface area contributed by atoms with Gasteiger partial charge in [-0.05, 0) is 91.4 Å². The van der Waals surface area contributed by atoms with Gasteiger partial charge in [0.25, 0.3) is 5.56 Å². The molecule has 0 aliphatic carbocycles. The van der Waals surface area contributed by atoms with Crippen LogP contribution in [0.5, 0.6) is 5.75 Å². The second kappa shape index (κ2) is 10.6. The lowest BCUT2D eigenvalue weighted by atomic mass is 9.97. The van der Waals surface area contributed by atoms with Crippen LogP contribution in [0.4, 0.5) is 4.39 Å². The van der Waals surface area contributed by atoms with E-state index in [0.29, 0.717) is 36.2 Å². The molecule has 1 fully saturated rings. The summed E-state index contributed by atoms with van der Waals surface area (Å²) < 4.78 is 15.2. The summed E-state index contributed by atoms with van der Waals surface area (Å²) in [5.41, 5.74) is 3.55. The van der Waals surface area contributed by atoms with Crippen LogP contribution in [-0.2, 0) is 19.4 Å². The minimum Gasteiger partial charge on any atom is -0.508 e. The largest absolute Gasteiger partial charge is 0.508 e. The third-order valence-electron chi connectivity index (χ3n) is 7.28. The van der Waals surface area contributed by atoms with E-state index in [1.54, 1.807) is 24.3 Å². The third-order valence-corrected chi connectivity index (χ3v) is 7.28. The number of piperidine rings is 1. The van der Waals surface area contributed by atoms with Crippen LogP contribution in [0, 0.1) is 11.7 Å². The van der Waals surface area contributed by atoms with Gasteiger partial charge < -0.3 is 10.0 Å². The topological polar surface area (TPSA) is 58.4 Å². The number of aromatic nitrogens is 2. The van der Waals surface area contributed by atoms with Crippen molar-refractivity contribution in [2.45, 2.75) is 39.2 Å². The molecule has 0 saturated carbocycles. The van der Waals surface area contributed by atoms with Crippen molar-refractivity contribution in [2.24, 2.45) is 5.92 Å². The van der Waals surface area contributed by atoms with Crippen molar-refractivity contribution in [2.75, 3.05) is 19.6 Å². The first kappa shape index (κ1) is 24.2. The van der Waals surface area contributed by atoms with E-state index in [1.165, 1.54) is 12.1 Å².